The molecule has 1 amide bonds. The summed E-state index contributed by atoms with van der Waals surface area (Å²) in [6, 6.07) is 7.48. The number of rotatable bonds is 6. The fourth-order valence-electron chi connectivity index (χ4n) is 5.04. The van der Waals surface area contributed by atoms with Crippen molar-refractivity contribution in [1.82, 2.24) is 25.4 Å². The Morgan fingerprint density at radius 1 is 1.23 bits per heavy atom. The highest BCUT2D eigenvalue weighted by atomic mass is 19.4. The smallest absolute Gasteiger partial charge is 0.385 e. The van der Waals surface area contributed by atoms with Crippen molar-refractivity contribution >= 4 is 22.6 Å². The van der Waals surface area contributed by atoms with E-state index < -0.39 is 17.3 Å². The Morgan fingerprint density at radius 2 is 2.00 bits per heavy atom. The highest BCUT2D eigenvalue weighted by molar-refractivity contribution is 5.92. The molecule has 2 aliphatic rings. The molecule has 1 aliphatic heterocycles. The van der Waals surface area contributed by atoms with E-state index in [9.17, 15) is 23.1 Å². The van der Waals surface area contributed by atoms with Gasteiger partial charge in [-0.1, -0.05) is 6.07 Å². The van der Waals surface area contributed by atoms with Gasteiger partial charge in [0.05, 0.1) is 29.3 Å². The van der Waals surface area contributed by atoms with Gasteiger partial charge < -0.3 is 15.7 Å². The highest BCUT2D eigenvalue weighted by Crippen LogP contribution is 2.39. The number of hydrogen-bond donors (Lipinski definition) is 4. The van der Waals surface area contributed by atoms with Crippen LogP contribution in [-0.4, -0.2) is 62.8 Å². The fraction of sp³-hybridized carbons (Fsp3) is 0.458. The number of nitrogens with zero attached hydrogens (tertiary/aromatic N) is 3. The minimum absolute atomic E-state index is 0.0243. The van der Waals surface area contributed by atoms with E-state index in [2.05, 4.69) is 30.7 Å². The number of likely N-dealkylation sites (tertiary alicyclic amines) is 1. The summed E-state index contributed by atoms with van der Waals surface area (Å²) in [6.45, 7) is 1.39. The molecule has 3 heterocycles. The second-order valence-electron chi connectivity index (χ2n) is 9.41. The number of aromatic amines is 1. The maximum Gasteiger partial charge on any atom is 0.416 e. The molecule has 2 aromatic heterocycles. The lowest BCUT2D eigenvalue weighted by molar-refractivity contribution is -0.137. The average Bonchev–Trinajstić information content (AvgIpc) is 3.23. The topological polar surface area (TPSA) is 106 Å². The number of alkyl halides is 3. The van der Waals surface area contributed by atoms with Gasteiger partial charge in [0.25, 0.3) is 0 Å². The number of nitrogens with one attached hydrogen (secondary N) is 3. The fourth-order valence-corrected chi connectivity index (χ4v) is 5.04. The molecule has 0 unspecified atom stereocenters. The van der Waals surface area contributed by atoms with Crippen molar-refractivity contribution in [3.05, 3.63) is 53.9 Å². The lowest BCUT2D eigenvalue weighted by Gasteiger charge is -2.48. The number of carbonyl (C=O) groups excluding carboxylic acids is 1. The van der Waals surface area contributed by atoms with Gasteiger partial charge in [0.2, 0.25) is 5.91 Å². The summed E-state index contributed by atoms with van der Waals surface area (Å²) in [5.74, 6) is -0.0350. The number of halogens is 3. The minimum atomic E-state index is -4.45. The molecule has 1 aliphatic carbocycles. The first kappa shape index (κ1) is 23.6. The molecule has 2 fully saturated rings. The summed E-state index contributed by atoms with van der Waals surface area (Å²) in [4.78, 5) is 18.8. The van der Waals surface area contributed by atoms with Crippen LogP contribution in [0, 0.1) is 0 Å². The molecule has 0 bridgehead atoms. The van der Waals surface area contributed by atoms with Crippen LogP contribution >= 0.6 is 0 Å². The Kier molecular flexibility index (Phi) is 6.14. The van der Waals surface area contributed by atoms with Gasteiger partial charge in [0, 0.05) is 42.5 Å². The molecule has 0 atom stereocenters. The van der Waals surface area contributed by atoms with Gasteiger partial charge in [-0.3, -0.25) is 19.8 Å². The van der Waals surface area contributed by atoms with Crippen LogP contribution < -0.4 is 10.6 Å². The first-order valence-corrected chi connectivity index (χ1v) is 11.7. The lowest BCUT2D eigenvalue weighted by Crippen LogP contribution is -2.63. The van der Waals surface area contributed by atoms with Gasteiger partial charge >= 0.3 is 6.18 Å². The highest BCUT2D eigenvalue weighted by Gasteiger charge is 2.40. The molecule has 1 saturated heterocycles. The summed E-state index contributed by atoms with van der Waals surface area (Å²) >= 11 is 0. The molecule has 0 spiro atoms. The van der Waals surface area contributed by atoms with Crippen molar-refractivity contribution in [1.29, 1.82) is 0 Å². The quantitative estimate of drug-likeness (QED) is 0.425. The van der Waals surface area contributed by atoms with Gasteiger partial charge in [-0.15, -0.1) is 0 Å². The third-order valence-corrected chi connectivity index (χ3v) is 7.08. The van der Waals surface area contributed by atoms with Crippen molar-refractivity contribution in [3.63, 3.8) is 0 Å². The van der Waals surface area contributed by atoms with E-state index in [4.69, 9.17) is 0 Å². The number of pyridine rings is 1. The Balaban J connectivity index is 1.07. The zero-order chi connectivity index (χ0) is 24.6. The second-order valence-corrected chi connectivity index (χ2v) is 9.41. The predicted molar refractivity (Wildman–Crippen MR) is 123 cm³/mol. The SMILES string of the molecule is O=C(CNc1n[nH]c2ccc(C(F)(F)F)cc12)NC1CN(C2CCC(O)(c3cccnc3)CC2)C1. The summed E-state index contributed by atoms with van der Waals surface area (Å²) in [5.41, 5.74) is -0.279. The van der Waals surface area contributed by atoms with Gasteiger partial charge in [-0.05, 0) is 49.9 Å². The number of anilines is 1. The number of fused-ring (bicyclic) bond motifs is 1. The molecule has 186 valence electrons. The van der Waals surface area contributed by atoms with Gasteiger partial charge in [0.15, 0.2) is 5.82 Å². The van der Waals surface area contributed by atoms with Crippen molar-refractivity contribution in [3.8, 4) is 0 Å². The summed E-state index contributed by atoms with van der Waals surface area (Å²) in [7, 11) is 0. The largest absolute Gasteiger partial charge is 0.416 e. The standard InChI is InChI=1S/C24H27F3N6O2/c25-24(26,27)15-3-4-20-19(10-15)22(32-31-20)29-12-21(34)30-17-13-33(14-17)18-5-7-23(35,8-6-18)16-2-1-9-28-11-16/h1-4,9-11,17-18,35H,5-8,12-14H2,(H,30,34)(H2,29,31,32). The number of aliphatic hydroxyl groups is 1. The van der Waals surface area contributed by atoms with E-state index in [1.54, 1.807) is 12.4 Å². The van der Waals surface area contributed by atoms with Crippen LogP contribution in [0.4, 0.5) is 19.0 Å². The normalized spacial score (nSPS) is 23.7. The first-order valence-electron chi connectivity index (χ1n) is 11.7. The number of amides is 1. The molecule has 35 heavy (non-hydrogen) atoms. The Bertz CT molecular complexity index is 1180. The van der Waals surface area contributed by atoms with E-state index in [0.717, 1.165) is 43.6 Å². The molecule has 1 saturated carbocycles. The van der Waals surface area contributed by atoms with Crippen molar-refractivity contribution in [2.24, 2.45) is 0 Å². The predicted octanol–water partition coefficient (Wildman–Crippen LogP) is 3.02. The van der Waals surface area contributed by atoms with Gasteiger partial charge in [-0.25, -0.2) is 0 Å². The Labute approximate surface area is 199 Å². The Morgan fingerprint density at radius 3 is 2.69 bits per heavy atom. The van der Waals surface area contributed by atoms with E-state index >= 15 is 0 Å². The molecule has 11 heteroatoms. The molecular weight excluding hydrogens is 461 g/mol. The number of H-pyrrole nitrogens is 1. The third kappa shape index (κ3) is 4.96. The zero-order valence-electron chi connectivity index (χ0n) is 19.0. The van der Waals surface area contributed by atoms with E-state index in [-0.39, 0.29) is 29.7 Å². The molecule has 8 nitrogen and oxygen atoms in total. The number of carbonyl (C=O) groups is 1. The van der Waals surface area contributed by atoms with Crippen molar-refractivity contribution < 1.29 is 23.1 Å². The van der Waals surface area contributed by atoms with Crippen LogP contribution in [0.1, 0.15) is 36.8 Å². The number of hydrogen-bond acceptors (Lipinski definition) is 6. The van der Waals surface area contributed by atoms with Gasteiger partial charge in [0.1, 0.15) is 0 Å². The molecule has 1 aromatic carbocycles. The van der Waals surface area contributed by atoms with Crippen molar-refractivity contribution in [2.45, 2.75) is 49.5 Å². The van der Waals surface area contributed by atoms with Crippen LogP contribution in [0.25, 0.3) is 10.9 Å². The van der Waals surface area contributed by atoms with Crippen LogP contribution in [0.3, 0.4) is 0 Å². The second kappa shape index (κ2) is 9.12. The van der Waals surface area contributed by atoms with Crippen LogP contribution in [0.5, 0.6) is 0 Å². The third-order valence-electron chi connectivity index (χ3n) is 7.08. The molecular formula is C24H27F3N6O2. The maximum absolute atomic E-state index is 13.0. The van der Waals surface area contributed by atoms with Crippen LogP contribution in [0.2, 0.25) is 0 Å². The molecule has 4 N–H and O–H groups in total. The van der Waals surface area contributed by atoms with E-state index in [1.165, 1.54) is 6.07 Å². The van der Waals surface area contributed by atoms with Crippen LogP contribution in [-0.2, 0) is 16.6 Å². The number of benzene rings is 1. The monoisotopic (exact) mass is 488 g/mol. The zero-order valence-corrected chi connectivity index (χ0v) is 19.0. The maximum atomic E-state index is 13.0. The minimum Gasteiger partial charge on any atom is -0.385 e. The summed E-state index contributed by atoms with van der Waals surface area (Å²) in [6.07, 6.45) is 2.07. The Hall–Kier alpha value is -3.18. The van der Waals surface area contributed by atoms with Crippen LogP contribution in [0.15, 0.2) is 42.7 Å². The van der Waals surface area contributed by atoms with Gasteiger partial charge in [-0.2, -0.15) is 18.3 Å². The molecule has 0 radical (unpaired) electrons. The van der Waals surface area contributed by atoms with Crippen molar-refractivity contribution in [2.75, 3.05) is 25.0 Å². The molecule has 3 aromatic rings. The average molecular weight is 489 g/mol. The summed E-state index contributed by atoms with van der Waals surface area (Å²) < 4.78 is 39.0. The van der Waals surface area contributed by atoms with E-state index in [0.29, 0.717) is 24.4 Å². The lowest BCUT2D eigenvalue weighted by atomic mass is 9.77. The first-order chi connectivity index (χ1) is 16.7. The molecule has 5 rings (SSSR count). The summed E-state index contributed by atoms with van der Waals surface area (Å²) in [5, 5.41) is 23.7. The number of aromatic nitrogens is 3. The van der Waals surface area contributed by atoms with E-state index in [1.807, 2.05) is 12.1 Å².